The normalized spacial score (nSPS) is 12.2. The maximum absolute atomic E-state index is 5.29. The summed E-state index contributed by atoms with van der Waals surface area (Å²) in [5.74, 6) is 1.78. The van der Waals surface area contributed by atoms with Crippen LogP contribution in [0.4, 0.5) is 0 Å². The van der Waals surface area contributed by atoms with Crippen LogP contribution in [0.25, 0.3) is 122 Å². The van der Waals surface area contributed by atoms with E-state index in [9.17, 15) is 0 Å². The van der Waals surface area contributed by atoms with Gasteiger partial charge in [-0.15, -0.1) is 0 Å². The third kappa shape index (κ3) is 4.63. The van der Waals surface area contributed by atoms with Crippen LogP contribution in [0.2, 0.25) is 0 Å². The average Bonchev–Trinajstić information content (AvgIpc) is 4.08. The lowest BCUT2D eigenvalue weighted by Crippen LogP contribution is -1.96. The van der Waals surface area contributed by atoms with Crippen molar-refractivity contribution in [3.63, 3.8) is 0 Å². The van der Waals surface area contributed by atoms with Crippen LogP contribution in [0.15, 0.2) is 206 Å². The smallest absolute Gasteiger partial charge is 0.220 e. The summed E-state index contributed by atoms with van der Waals surface area (Å²) < 4.78 is 9.25. The molecule has 0 atom stereocenters. The third-order valence-corrected chi connectivity index (χ3v) is 13.0. The summed E-state index contributed by atoms with van der Waals surface area (Å²) in [7, 11) is 0. The quantitative estimate of drug-likeness (QED) is 0.167. The first kappa shape index (κ1) is 33.4. The van der Waals surface area contributed by atoms with Crippen molar-refractivity contribution < 1.29 is 0 Å². The second-order valence-electron chi connectivity index (χ2n) is 16.3. The van der Waals surface area contributed by atoms with Crippen LogP contribution in [0.1, 0.15) is 0 Å². The molecule has 0 aliphatic rings. The molecule has 14 rings (SSSR count). The second kappa shape index (κ2) is 12.5. The largest absolute Gasteiger partial charge is 0.278 e. The minimum absolute atomic E-state index is 0.889. The molecule has 0 saturated heterocycles. The van der Waals surface area contributed by atoms with E-state index in [1.54, 1.807) is 0 Å². The summed E-state index contributed by atoms with van der Waals surface area (Å²) in [5, 5.41) is 7.54. The Morgan fingerprint density at radius 3 is 1.24 bits per heavy atom. The van der Waals surface area contributed by atoms with E-state index in [0.29, 0.717) is 0 Å². The van der Waals surface area contributed by atoms with Crippen molar-refractivity contribution in [2.24, 2.45) is 0 Å². The van der Waals surface area contributed by atoms with Crippen molar-refractivity contribution in [1.82, 2.24) is 27.9 Å². The molecule has 4 aromatic heterocycles. The number of para-hydroxylation sites is 4. The predicted octanol–water partition coefficient (Wildman–Crippen LogP) is 14.0. The van der Waals surface area contributed by atoms with Crippen molar-refractivity contribution >= 4 is 88.0 Å². The van der Waals surface area contributed by atoms with Gasteiger partial charge in [0.25, 0.3) is 0 Å². The maximum Gasteiger partial charge on any atom is 0.220 e. The van der Waals surface area contributed by atoms with Gasteiger partial charge in [-0.3, -0.25) is 17.9 Å². The number of hydrogen-bond acceptors (Lipinski definition) is 2. The minimum atomic E-state index is 0.889. The minimum Gasteiger partial charge on any atom is -0.278 e. The van der Waals surface area contributed by atoms with E-state index in [1.165, 1.54) is 43.4 Å². The fraction of sp³-hybridized carbons (Fsp3) is 0. The highest BCUT2D eigenvalue weighted by Gasteiger charge is 2.21. The van der Waals surface area contributed by atoms with Crippen LogP contribution in [0.3, 0.4) is 0 Å². The number of hydrogen-bond donors (Lipinski definition) is 0. The highest BCUT2D eigenvalue weighted by atomic mass is 15.2. The molecule has 6 heteroatoms. The summed E-state index contributed by atoms with van der Waals surface area (Å²) >= 11 is 0. The average molecular weight is 791 g/mol. The maximum atomic E-state index is 5.29. The van der Waals surface area contributed by atoms with Crippen molar-refractivity contribution in [2.75, 3.05) is 0 Å². The molecule has 62 heavy (non-hydrogen) atoms. The van der Waals surface area contributed by atoms with Crippen LogP contribution in [0.5, 0.6) is 0 Å². The lowest BCUT2D eigenvalue weighted by molar-refractivity contribution is 1.11. The first-order valence-corrected chi connectivity index (χ1v) is 21.1. The second-order valence-corrected chi connectivity index (χ2v) is 16.3. The van der Waals surface area contributed by atoms with Gasteiger partial charge >= 0.3 is 0 Å². The van der Waals surface area contributed by atoms with E-state index < -0.39 is 0 Å². The molecule has 0 unspecified atom stereocenters. The Morgan fingerprint density at radius 2 is 0.677 bits per heavy atom. The Kier molecular flexibility index (Phi) is 6.74. The molecule has 4 heterocycles. The van der Waals surface area contributed by atoms with Crippen LogP contribution in [-0.4, -0.2) is 27.9 Å². The molecule has 10 aromatic carbocycles. The zero-order valence-corrected chi connectivity index (χ0v) is 33.3. The molecule has 0 bridgehead atoms. The number of benzene rings is 10. The predicted molar refractivity (Wildman–Crippen MR) is 256 cm³/mol. The molecule has 0 aliphatic carbocycles. The standard InChI is InChI=1S/C56H34N6/c1-2-12-35(13-3-1)36-22-26-39(27-23-36)59-51-30-24-37(32-53(51)61-49-20-10-8-18-47(49)57-55(59)61)38-25-31-52-54(33-38)62-50-21-11-9-19-48(50)58-56(62)60(52)40-28-29-45-43-16-5-4-14-41(43)42-15-6-7-17-44(42)46(45)34-40/h1-34H. The fourth-order valence-corrected chi connectivity index (χ4v) is 10.1. The van der Waals surface area contributed by atoms with Crippen molar-refractivity contribution in [2.45, 2.75) is 0 Å². The van der Waals surface area contributed by atoms with Crippen molar-refractivity contribution in [1.29, 1.82) is 0 Å². The molecule has 0 fully saturated rings. The first-order valence-electron chi connectivity index (χ1n) is 21.1. The Morgan fingerprint density at radius 1 is 0.258 bits per heavy atom. The molecule has 0 saturated carbocycles. The van der Waals surface area contributed by atoms with Crippen LogP contribution < -0.4 is 0 Å². The number of fused-ring (bicyclic) bond motifs is 16. The van der Waals surface area contributed by atoms with Crippen LogP contribution in [0, 0.1) is 0 Å². The summed E-state index contributed by atoms with van der Waals surface area (Å²) in [6.45, 7) is 0. The van der Waals surface area contributed by atoms with Gasteiger partial charge < -0.3 is 0 Å². The first-order chi connectivity index (χ1) is 30.7. The van der Waals surface area contributed by atoms with E-state index in [-0.39, 0.29) is 0 Å². The molecular weight excluding hydrogens is 757 g/mol. The number of rotatable bonds is 4. The van der Waals surface area contributed by atoms with Crippen molar-refractivity contribution in [3.8, 4) is 33.6 Å². The Hall–Kier alpha value is -8.48. The topological polar surface area (TPSA) is 44.5 Å². The SMILES string of the molecule is c1ccc(-c2ccc(-n3c4ccc(-c5ccc6c(c5)n5c7ccccc7nc5n6-c5ccc6c7ccccc7c7ccccc7c6c5)cc4n4c5ccccc5nc34)cc2)cc1. The van der Waals surface area contributed by atoms with Gasteiger partial charge in [-0.1, -0.05) is 133 Å². The van der Waals surface area contributed by atoms with Gasteiger partial charge in [0.05, 0.1) is 44.1 Å². The molecular formula is C56H34N6. The lowest BCUT2D eigenvalue weighted by Gasteiger charge is -2.13. The summed E-state index contributed by atoms with van der Waals surface area (Å²) in [5.41, 5.74) is 15.3. The zero-order valence-electron chi connectivity index (χ0n) is 33.3. The van der Waals surface area contributed by atoms with E-state index >= 15 is 0 Å². The molecule has 0 amide bonds. The summed E-state index contributed by atoms with van der Waals surface area (Å²) in [6, 6.07) is 74.3. The van der Waals surface area contributed by atoms with Gasteiger partial charge in [-0.2, -0.15) is 0 Å². The van der Waals surface area contributed by atoms with Crippen LogP contribution >= 0.6 is 0 Å². The van der Waals surface area contributed by atoms with Gasteiger partial charge in [-0.05, 0) is 127 Å². The number of aromatic nitrogens is 6. The van der Waals surface area contributed by atoms with Gasteiger partial charge in [0.2, 0.25) is 11.6 Å². The van der Waals surface area contributed by atoms with Gasteiger partial charge in [-0.25, -0.2) is 9.97 Å². The van der Waals surface area contributed by atoms with E-state index in [0.717, 1.165) is 78.2 Å². The monoisotopic (exact) mass is 790 g/mol. The lowest BCUT2D eigenvalue weighted by atomic mass is 9.94. The molecule has 0 N–H and O–H groups in total. The molecule has 0 spiro atoms. The Balaban J connectivity index is 0.979. The van der Waals surface area contributed by atoms with Gasteiger partial charge in [0, 0.05) is 11.4 Å². The number of nitrogens with zero attached hydrogens (tertiary/aromatic N) is 6. The Labute approximate surface area is 354 Å². The van der Waals surface area contributed by atoms with Gasteiger partial charge in [0.1, 0.15) is 0 Å². The highest BCUT2D eigenvalue weighted by molar-refractivity contribution is 6.25. The van der Waals surface area contributed by atoms with Crippen molar-refractivity contribution in [3.05, 3.63) is 206 Å². The van der Waals surface area contributed by atoms with E-state index in [2.05, 4.69) is 224 Å². The van der Waals surface area contributed by atoms with E-state index in [1.807, 2.05) is 0 Å². The highest BCUT2D eigenvalue weighted by Crippen LogP contribution is 2.39. The summed E-state index contributed by atoms with van der Waals surface area (Å²) in [4.78, 5) is 10.5. The third-order valence-electron chi connectivity index (χ3n) is 13.0. The number of imidazole rings is 4. The van der Waals surface area contributed by atoms with E-state index in [4.69, 9.17) is 9.97 Å². The zero-order chi connectivity index (χ0) is 40.5. The molecule has 288 valence electrons. The molecule has 14 aromatic rings. The fourth-order valence-electron chi connectivity index (χ4n) is 10.1. The summed E-state index contributed by atoms with van der Waals surface area (Å²) in [6.07, 6.45) is 0. The molecule has 0 radical (unpaired) electrons. The molecule has 6 nitrogen and oxygen atoms in total. The Bertz CT molecular complexity index is 4110. The van der Waals surface area contributed by atoms with Gasteiger partial charge in [0.15, 0.2) is 0 Å². The molecule has 0 aliphatic heterocycles. The van der Waals surface area contributed by atoms with Crippen LogP contribution in [-0.2, 0) is 0 Å².